The number of carbonyl (C=O) groups is 2. The number of halogens is 2. The Bertz CT molecular complexity index is 1780. The van der Waals surface area contributed by atoms with E-state index in [0.717, 1.165) is 16.7 Å². The van der Waals surface area contributed by atoms with Gasteiger partial charge in [0.25, 0.3) is 5.56 Å². The van der Waals surface area contributed by atoms with Crippen molar-refractivity contribution >= 4 is 17.7 Å². The minimum absolute atomic E-state index is 0.0792. The number of rotatable bonds is 6. The summed E-state index contributed by atoms with van der Waals surface area (Å²) in [6.45, 7) is 6.70. The molecule has 2 aromatic carbocycles. The molecule has 3 aliphatic rings. The third-order valence-electron chi connectivity index (χ3n) is 9.93. The molecule has 3 N–H and O–H groups in total. The molecular formula is C37H45F2N5O6. The Kier molecular flexibility index (Phi) is 9.64. The Morgan fingerprint density at radius 2 is 1.74 bits per heavy atom. The van der Waals surface area contributed by atoms with Crippen LogP contribution in [0.5, 0.6) is 11.6 Å². The van der Waals surface area contributed by atoms with Gasteiger partial charge in [0, 0.05) is 50.9 Å². The lowest BCUT2D eigenvalue weighted by Gasteiger charge is -2.42. The first-order valence-corrected chi connectivity index (χ1v) is 17.2. The van der Waals surface area contributed by atoms with Crippen LogP contribution in [0.4, 0.5) is 19.3 Å². The van der Waals surface area contributed by atoms with E-state index in [1.165, 1.54) is 10.9 Å². The fraction of sp³-hybridized carbons (Fsp3) is 0.514. The summed E-state index contributed by atoms with van der Waals surface area (Å²) in [5, 5.41) is 11.5. The van der Waals surface area contributed by atoms with Gasteiger partial charge in [-0.3, -0.25) is 14.2 Å². The molecule has 268 valence electrons. The molecule has 0 unspecified atom stereocenters. The molecule has 50 heavy (non-hydrogen) atoms. The van der Waals surface area contributed by atoms with Gasteiger partial charge in [0.2, 0.25) is 17.7 Å². The Hall–Kier alpha value is -4.52. The second kappa shape index (κ2) is 13.7. The van der Waals surface area contributed by atoms with E-state index >= 15 is 0 Å². The predicted octanol–water partition coefficient (Wildman–Crippen LogP) is 5.48. The highest BCUT2D eigenvalue weighted by Crippen LogP contribution is 2.46. The molecule has 1 saturated heterocycles. The molecular weight excluding hydrogens is 648 g/mol. The van der Waals surface area contributed by atoms with Crippen molar-refractivity contribution in [2.24, 2.45) is 5.92 Å². The summed E-state index contributed by atoms with van der Waals surface area (Å²) in [7, 11) is 0. The molecule has 13 heteroatoms. The van der Waals surface area contributed by atoms with E-state index in [2.05, 4.69) is 4.98 Å². The van der Waals surface area contributed by atoms with Gasteiger partial charge in [-0.25, -0.2) is 18.6 Å². The average molecular weight is 694 g/mol. The van der Waals surface area contributed by atoms with Gasteiger partial charge in [0.1, 0.15) is 17.7 Å². The van der Waals surface area contributed by atoms with Crippen molar-refractivity contribution in [2.45, 2.75) is 95.4 Å². The number of hydrogen-bond donors (Lipinski definition) is 2. The first-order chi connectivity index (χ1) is 23.6. The summed E-state index contributed by atoms with van der Waals surface area (Å²) in [6, 6.07) is 14.5. The molecule has 11 nitrogen and oxygen atoms in total. The predicted molar refractivity (Wildman–Crippen MR) is 182 cm³/mol. The minimum Gasteiger partial charge on any atom is -0.444 e. The molecule has 1 saturated carbocycles. The Morgan fingerprint density at radius 1 is 1.02 bits per heavy atom. The highest BCUT2D eigenvalue weighted by molar-refractivity contribution is 5.80. The minimum atomic E-state index is -2.82. The molecule has 0 radical (unpaired) electrons. The molecule has 2 aliphatic heterocycles. The van der Waals surface area contributed by atoms with E-state index in [1.807, 2.05) is 32.9 Å². The third kappa shape index (κ3) is 7.93. The van der Waals surface area contributed by atoms with Gasteiger partial charge in [0.05, 0.1) is 12.1 Å². The van der Waals surface area contributed by atoms with Gasteiger partial charge in [0.15, 0.2) is 5.69 Å². The van der Waals surface area contributed by atoms with E-state index in [0.29, 0.717) is 25.3 Å². The van der Waals surface area contributed by atoms with Crippen molar-refractivity contribution in [2.75, 3.05) is 25.4 Å². The monoisotopic (exact) mass is 693 g/mol. The number of ether oxygens (including phenoxy) is 2. The van der Waals surface area contributed by atoms with E-state index < -0.39 is 40.6 Å². The SMILES string of the molecule is CC(C)(C)OC(=O)N1CCc2ccc(Oc3ncn(CC4(O)CCN(C(=O)[C@@H]5CCC(F)(F)C[C@H]5c5ccccc5)CC4)c(=O)c3N)cc2C1. The Morgan fingerprint density at radius 3 is 2.44 bits per heavy atom. The molecule has 2 atom stereocenters. The maximum absolute atomic E-state index is 14.4. The normalized spacial score (nSPS) is 21.6. The highest BCUT2D eigenvalue weighted by atomic mass is 19.3. The topological polar surface area (TPSA) is 140 Å². The number of anilines is 1. The number of amides is 2. The number of fused-ring (bicyclic) bond motifs is 1. The molecule has 2 fully saturated rings. The summed E-state index contributed by atoms with van der Waals surface area (Å²) in [6.07, 6.45) is 1.32. The first kappa shape index (κ1) is 35.3. The third-order valence-corrected chi connectivity index (χ3v) is 9.93. The van der Waals surface area contributed by atoms with Gasteiger partial charge in [-0.05, 0) is 75.3 Å². The molecule has 0 bridgehead atoms. The fourth-order valence-corrected chi connectivity index (χ4v) is 7.21. The van der Waals surface area contributed by atoms with Crippen molar-refractivity contribution < 1.29 is 33.0 Å². The quantitative estimate of drug-likeness (QED) is 0.346. The van der Waals surface area contributed by atoms with Crippen LogP contribution in [0.15, 0.2) is 59.7 Å². The van der Waals surface area contributed by atoms with E-state index in [4.69, 9.17) is 15.2 Å². The maximum atomic E-state index is 14.4. The summed E-state index contributed by atoms with van der Waals surface area (Å²) < 4.78 is 41.6. The van der Waals surface area contributed by atoms with Crippen LogP contribution in [0.2, 0.25) is 0 Å². The number of benzene rings is 2. The van der Waals surface area contributed by atoms with Crippen LogP contribution in [0.3, 0.4) is 0 Å². The summed E-state index contributed by atoms with van der Waals surface area (Å²) in [5.41, 5.74) is 6.15. The van der Waals surface area contributed by atoms with Gasteiger partial charge in [-0.15, -0.1) is 0 Å². The van der Waals surface area contributed by atoms with Crippen LogP contribution < -0.4 is 16.0 Å². The molecule has 1 aliphatic carbocycles. The van der Waals surface area contributed by atoms with Crippen LogP contribution >= 0.6 is 0 Å². The highest BCUT2D eigenvalue weighted by Gasteiger charge is 2.46. The first-order valence-electron chi connectivity index (χ1n) is 17.2. The van der Waals surface area contributed by atoms with E-state index in [-0.39, 0.29) is 69.2 Å². The second-order valence-corrected chi connectivity index (χ2v) is 14.9. The smallest absolute Gasteiger partial charge is 0.410 e. The number of nitrogens with zero attached hydrogens (tertiary/aromatic N) is 4. The largest absolute Gasteiger partial charge is 0.444 e. The zero-order valence-electron chi connectivity index (χ0n) is 28.7. The van der Waals surface area contributed by atoms with Crippen LogP contribution in [0, 0.1) is 5.92 Å². The van der Waals surface area contributed by atoms with Crippen LogP contribution in [0.1, 0.15) is 75.5 Å². The Labute approximate surface area is 290 Å². The maximum Gasteiger partial charge on any atom is 0.410 e. The van der Waals surface area contributed by atoms with Crippen LogP contribution in [0.25, 0.3) is 0 Å². The summed E-state index contributed by atoms with van der Waals surface area (Å²) in [5.74, 6) is -3.84. The van der Waals surface area contributed by atoms with Gasteiger partial charge in [-0.1, -0.05) is 36.4 Å². The summed E-state index contributed by atoms with van der Waals surface area (Å²) >= 11 is 0. The van der Waals surface area contributed by atoms with Gasteiger partial charge >= 0.3 is 6.09 Å². The number of aromatic nitrogens is 2. The van der Waals surface area contributed by atoms with Crippen molar-refractivity contribution in [1.82, 2.24) is 19.4 Å². The lowest BCUT2D eigenvalue weighted by atomic mass is 9.73. The zero-order valence-corrected chi connectivity index (χ0v) is 28.7. The number of carbonyl (C=O) groups excluding carboxylic acids is 2. The number of nitrogens with two attached hydrogens (primary N) is 1. The van der Waals surface area contributed by atoms with E-state index in [9.17, 15) is 28.3 Å². The molecule has 1 aromatic heterocycles. The van der Waals surface area contributed by atoms with Crippen molar-refractivity contribution in [1.29, 1.82) is 0 Å². The number of aliphatic hydroxyl groups is 1. The standard InChI is InChI=1S/C37H45F2N5O6/c1-35(2,3)50-34(47)43-16-12-24-9-10-27(19-26(24)21-43)49-31-30(40)33(46)44(23-41-31)22-36(48)14-17-42(18-15-36)32(45)28-11-13-37(38,39)20-29(28)25-7-5-4-6-8-25/h4-10,19,23,28-29,48H,11-18,20-22,40H2,1-3H3/t28-,29+/m1/s1. The lowest BCUT2D eigenvalue weighted by molar-refractivity contribution is -0.145. The van der Waals surface area contributed by atoms with Crippen molar-refractivity contribution in [3.63, 3.8) is 0 Å². The van der Waals surface area contributed by atoms with Crippen LogP contribution in [-0.2, 0) is 29.0 Å². The van der Waals surface area contributed by atoms with Gasteiger partial charge in [-0.2, -0.15) is 0 Å². The number of piperidine rings is 1. The van der Waals surface area contributed by atoms with Crippen LogP contribution in [-0.4, -0.2) is 73.2 Å². The average Bonchev–Trinajstić information content (AvgIpc) is 3.07. The van der Waals surface area contributed by atoms with Crippen molar-refractivity contribution in [3.8, 4) is 11.6 Å². The number of hydrogen-bond acceptors (Lipinski definition) is 8. The van der Waals surface area contributed by atoms with E-state index in [1.54, 1.807) is 46.2 Å². The lowest BCUT2D eigenvalue weighted by Crippen LogP contribution is -2.52. The molecule has 2 amide bonds. The van der Waals surface area contributed by atoms with Gasteiger partial charge < -0.3 is 30.1 Å². The second-order valence-electron chi connectivity index (χ2n) is 14.9. The Balaban J connectivity index is 1.08. The van der Waals surface area contributed by atoms with Crippen molar-refractivity contribution in [3.05, 3.63) is 81.9 Å². The number of likely N-dealkylation sites (tertiary alicyclic amines) is 1. The molecule has 6 rings (SSSR count). The number of alkyl halides is 2. The fourth-order valence-electron chi connectivity index (χ4n) is 7.21. The molecule has 3 heterocycles. The molecule has 0 spiro atoms. The molecule has 3 aromatic rings. The number of nitrogen functional groups attached to an aromatic ring is 1. The summed E-state index contributed by atoms with van der Waals surface area (Å²) in [4.78, 5) is 47.1. The zero-order chi connectivity index (χ0) is 35.8.